The Morgan fingerprint density at radius 3 is 2.44 bits per heavy atom. The summed E-state index contributed by atoms with van der Waals surface area (Å²) in [6, 6.07) is 0.245. The Balaban J connectivity index is 3.40. The van der Waals surface area contributed by atoms with Crippen LogP contribution in [0.25, 0.3) is 0 Å². The van der Waals surface area contributed by atoms with E-state index >= 15 is 0 Å². The molecule has 0 unspecified atom stereocenters. The van der Waals surface area contributed by atoms with Crippen LogP contribution in [0.2, 0.25) is 0 Å². The van der Waals surface area contributed by atoms with E-state index in [-0.39, 0.29) is 6.07 Å². The minimum atomic E-state index is -5.28. The third-order valence-corrected chi connectivity index (χ3v) is 1.56. The van der Waals surface area contributed by atoms with Gasteiger partial charge in [-0.1, -0.05) is 0 Å². The van der Waals surface area contributed by atoms with E-state index in [0.717, 1.165) is 0 Å². The van der Waals surface area contributed by atoms with Crippen molar-refractivity contribution in [3.05, 3.63) is 21.7 Å². The fourth-order valence-electron chi connectivity index (χ4n) is 0.952. The number of aromatic nitrogens is 1. The van der Waals surface area contributed by atoms with Gasteiger partial charge in [-0.15, -0.1) is 13.2 Å². The molecule has 11 heteroatoms. The molecule has 0 amide bonds. The van der Waals surface area contributed by atoms with Gasteiger partial charge in [-0.3, -0.25) is 0 Å². The van der Waals surface area contributed by atoms with E-state index in [4.69, 9.17) is 10.2 Å². The van der Waals surface area contributed by atoms with E-state index in [2.05, 4.69) is 9.72 Å². The maximum atomic E-state index is 11.9. The normalized spacial score (nSPS) is 11.1. The van der Waals surface area contributed by atoms with Crippen LogP contribution in [-0.4, -0.2) is 32.5 Å². The zero-order valence-electron chi connectivity index (χ0n) is 8.13. The highest BCUT2D eigenvalue weighted by molar-refractivity contribution is 5.91. The summed E-state index contributed by atoms with van der Waals surface area (Å²) in [5, 5.41) is 27.9. The molecule has 0 spiro atoms. The Hall–Kier alpha value is -2.59. The van der Waals surface area contributed by atoms with Gasteiger partial charge in [0, 0.05) is 11.1 Å². The summed E-state index contributed by atoms with van der Waals surface area (Å²) in [7, 11) is 0. The van der Waals surface area contributed by atoms with Crippen LogP contribution in [0.15, 0.2) is 6.07 Å². The summed E-state index contributed by atoms with van der Waals surface area (Å²) in [5.41, 5.74) is -1.16. The Bertz CT molecular complexity index is 515. The van der Waals surface area contributed by atoms with Crippen molar-refractivity contribution < 1.29 is 37.8 Å². The molecule has 0 saturated heterocycles. The number of carboxylic acid groups (broad SMARTS) is 1. The molecule has 0 atom stereocenters. The van der Waals surface area contributed by atoms with Gasteiger partial charge in [-0.2, -0.15) is 0 Å². The van der Waals surface area contributed by atoms with Gasteiger partial charge in [0.2, 0.25) is 5.75 Å². The molecule has 1 aromatic rings. The van der Waals surface area contributed by atoms with Gasteiger partial charge in [0.25, 0.3) is 0 Å². The lowest BCUT2D eigenvalue weighted by Crippen LogP contribution is -2.20. The van der Waals surface area contributed by atoms with Crippen molar-refractivity contribution in [2.75, 3.05) is 0 Å². The lowest BCUT2D eigenvalue weighted by atomic mass is 10.2. The van der Waals surface area contributed by atoms with Gasteiger partial charge in [0.15, 0.2) is 5.56 Å². The maximum Gasteiger partial charge on any atom is 0.575 e. The number of alkyl halides is 3. The van der Waals surface area contributed by atoms with Gasteiger partial charge < -0.3 is 25.1 Å². The van der Waals surface area contributed by atoms with Crippen molar-refractivity contribution in [2.45, 2.75) is 6.36 Å². The van der Waals surface area contributed by atoms with Crippen molar-refractivity contribution >= 4 is 11.8 Å². The first-order valence-corrected chi connectivity index (χ1v) is 3.99. The summed E-state index contributed by atoms with van der Waals surface area (Å²) in [4.78, 5) is 22.3. The Morgan fingerprint density at radius 1 is 1.50 bits per heavy atom. The summed E-state index contributed by atoms with van der Waals surface area (Å²) in [6.07, 6.45) is -5.28. The molecule has 1 rings (SSSR count). The molecule has 0 aliphatic rings. The average Bonchev–Trinajstić information content (AvgIpc) is 2.17. The van der Waals surface area contributed by atoms with Gasteiger partial charge in [-0.05, 0) is 4.92 Å². The fourth-order valence-corrected chi connectivity index (χ4v) is 0.952. The second kappa shape index (κ2) is 4.35. The third-order valence-electron chi connectivity index (χ3n) is 1.56. The second-order valence-electron chi connectivity index (χ2n) is 2.79. The van der Waals surface area contributed by atoms with Crippen LogP contribution in [0.4, 0.5) is 19.0 Å². The molecule has 1 aromatic heterocycles. The van der Waals surface area contributed by atoms with Gasteiger partial charge in [0.05, 0.1) is 0 Å². The van der Waals surface area contributed by atoms with Crippen LogP contribution in [0.5, 0.6) is 11.6 Å². The highest BCUT2D eigenvalue weighted by Gasteiger charge is 2.38. The number of aromatic carboxylic acids is 1. The molecule has 0 aromatic carbocycles. The maximum absolute atomic E-state index is 11.9. The van der Waals surface area contributed by atoms with Gasteiger partial charge in [0.1, 0.15) is 0 Å². The van der Waals surface area contributed by atoms with Crippen molar-refractivity contribution in [3.63, 3.8) is 0 Å². The number of hydrogen-bond donors (Lipinski definition) is 2. The summed E-state index contributed by atoms with van der Waals surface area (Å²) >= 11 is 0. The number of aromatic hydroxyl groups is 1. The highest BCUT2D eigenvalue weighted by atomic mass is 19.4. The second-order valence-corrected chi connectivity index (χ2v) is 2.79. The topological polar surface area (TPSA) is 123 Å². The molecular weight excluding hydrogens is 265 g/mol. The molecule has 0 bridgehead atoms. The first-order valence-electron chi connectivity index (χ1n) is 3.99. The van der Waals surface area contributed by atoms with E-state index in [1.807, 2.05) is 0 Å². The van der Waals surface area contributed by atoms with Crippen molar-refractivity contribution in [1.29, 1.82) is 0 Å². The molecule has 1 heterocycles. The molecule has 0 saturated carbocycles. The summed E-state index contributed by atoms with van der Waals surface area (Å²) < 4.78 is 39.0. The van der Waals surface area contributed by atoms with Crippen LogP contribution in [0, 0.1) is 10.1 Å². The largest absolute Gasteiger partial charge is 0.575 e. The predicted octanol–water partition coefficient (Wildman–Crippen LogP) is 1.29. The zero-order chi connectivity index (χ0) is 14.1. The minimum absolute atomic E-state index is 0.245. The molecule has 18 heavy (non-hydrogen) atoms. The van der Waals surface area contributed by atoms with Crippen LogP contribution in [-0.2, 0) is 0 Å². The first-order chi connectivity index (χ1) is 8.11. The smallest absolute Gasteiger partial charge is 0.501 e. The quantitative estimate of drug-likeness (QED) is 0.625. The number of hydrogen-bond acceptors (Lipinski definition) is 6. The number of rotatable bonds is 3. The van der Waals surface area contributed by atoms with Crippen LogP contribution in [0.3, 0.4) is 0 Å². The average molecular weight is 268 g/mol. The van der Waals surface area contributed by atoms with Crippen molar-refractivity contribution in [1.82, 2.24) is 4.98 Å². The zero-order valence-corrected chi connectivity index (χ0v) is 8.13. The number of ether oxygens (including phenoxy) is 1. The molecule has 2 N–H and O–H groups in total. The number of halogens is 3. The Labute approximate surface area is 95.4 Å². The van der Waals surface area contributed by atoms with Crippen LogP contribution >= 0.6 is 0 Å². The van der Waals surface area contributed by atoms with E-state index in [1.54, 1.807) is 0 Å². The number of carboxylic acids is 1. The minimum Gasteiger partial charge on any atom is -0.501 e. The molecular formula is C7H3F3N2O6. The molecule has 98 valence electrons. The monoisotopic (exact) mass is 268 g/mol. The standard InChI is InChI=1S/C7H3F3N2O6/c8-7(9,10)18-5-2(6(14)15)1-3(13)4(11-5)12(16)17/h1,13H,(H,14,15). The van der Waals surface area contributed by atoms with Crippen molar-refractivity contribution in [3.8, 4) is 11.6 Å². The number of nitrogens with zero attached hydrogens (tertiary/aromatic N) is 2. The van der Waals surface area contributed by atoms with Crippen LogP contribution < -0.4 is 4.74 Å². The molecule has 0 fully saturated rings. The fraction of sp³-hybridized carbons (Fsp3) is 0.143. The lowest BCUT2D eigenvalue weighted by molar-refractivity contribution is -0.391. The van der Waals surface area contributed by atoms with E-state index in [1.165, 1.54) is 0 Å². The SMILES string of the molecule is O=C(O)c1cc(O)c([N+](=O)[O-])nc1OC(F)(F)F. The number of pyridine rings is 1. The number of nitro groups is 1. The Morgan fingerprint density at radius 2 is 2.06 bits per heavy atom. The molecule has 0 aliphatic carbocycles. The lowest BCUT2D eigenvalue weighted by Gasteiger charge is -2.07. The van der Waals surface area contributed by atoms with Crippen LogP contribution in [0.1, 0.15) is 10.4 Å². The highest BCUT2D eigenvalue weighted by Crippen LogP contribution is 2.32. The predicted molar refractivity (Wildman–Crippen MR) is 46.2 cm³/mol. The Kier molecular flexibility index (Phi) is 3.26. The van der Waals surface area contributed by atoms with E-state index in [9.17, 15) is 28.1 Å². The van der Waals surface area contributed by atoms with Crippen molar-refractivity contribution in [2.24, 2.45) is 0 Å². The molecule has 8 nitrogen and oxygen atoms in total. The third kappa shape index (κ3) is 2.96. The van der Waals surface area contributed by atoms with Gasteiger partial charge in [-0.25, -0.2) is 4.79 Å². The first kappa shape index (κ1) is 13.5. The van der Waals surface area contributed by atoms with E-state index < -0.39 is 40.3 Å². The summed E-state index contributed by atoms with van der Waals surface area (Å²) in [5.74, 6) is -5.96. The summed E-state index contributed by atoms with van der Waals surface area (Å²) in [6.45, 7) is 0. The molecule has 0 radical (unpaired) electrons. The molecule has 0 aliphatic heterocycles. The van der Waals surface area contributed by atoms with Gasteiger partial charge >= 0.3 is 24.0 Å². The number of carbonyl (C=O) groups is 1. The van der Waals surface area contributed by atoms with E-state index in [0.29, 0.717) is 0 Å².